The van der Waals surface area contributed by atoms with E-state index in [1.54, 1.807) is 31.6 Å². The summed E-state index contributed by atoms with van der Waals surface area (Å²) in [7, 11) is 0. The number of phenolic OH excluding ortho intramolecular Hbond substituents is 1. The van der Waals surface area contributed by atoms with Crippen molar-refractivity contribution in [1.82, 2.24) is 24.3 Å². The average Bonchev–Trinajstić information content (AvgIpc) is 3.44. The SMILES string of the molecule is C[C@]1(c2ccc(O)c(F)c2)C(=O)Nc2nc(-c3cn4ccnc4c(Cc4cccc(Cl)c4)n3)nc(N)c21. The van der Waals surface area contributed by atoms with Gasteiger partial charge in [0.1, 0.15) is 22.7 Å². The van der Waals surface area contributed by atoms with Gasteiger partial charge in [0.15, 0.2) is 23.0 Å². The number of aromatic hydroxyl groups is 1. The number of hydrogen-bond acceptors (Lipinski definition) is 7. The number of anilines is 2. The molecular formula is C26H19ClFN7O2. The van der Waals surface area contributed by atoms with Crippen LogP contribution in [-0.4, -0.2) is 35.4 Å². The molecule has 0 fully saturated rings. The first-order chi connectivity index (χ1) is 17.7. The third-order valence-electron chi connectivity index (χ3n) is 6.58. The van der Waals surface area contributed by atoms with Crippen LogP contribution in [0.15, 0.2) is 61.1 Å². The number of carbonyl (C=O) groups excluding carboxylic acids is 1. The van der Waals surface area contributed by atoms with E-state index >= 15 is 0 Å². The summed E-state index contributed by atoms with van der Waals surface area (Å²) in [4.78, 5) is 31.4. The van der Waals surface area contributed by atoms with Crippen LogP contribution < -0.4 is 11.1 Å². The zero-order valence-electron chi connectivity index (χ0n) is 19.4. The van der Waals surface area contributed by atoms with Crippen molar-refractivity contribution in [3.8, 4) is 17.3 Å². The third kappa shape index (κ3) is 3.64. The Balaban J connectivity index is 1.46. The van der Waals surface area contributed by atoms with Crippen molar-refractivity contribution < 1.29 is 14.3 Å². The van der Waals surface area contributed by atoms with Crippen LogP contribution in [0.4, 0.5) is 16.0 Å². The first-order valence-corrected chi connectivity index (χ1v) is 11.7. The first-order valence-electron chi connectivity index (χ1n) is 11.3. The van der Waals surface area contributed by atoms with Crippen LogP contribution in [0.2, 0.25) is 5.02 Å². The highest BCUT2D eigenvalue weighted by molar-refractivity contribution is 6.30. The minimum Gasteiger partial charge on any atom is -0.505 e. The molecule has 0 bridgehead atoms. The molecule has 4 heterocycles. The lowest BCUT2D eigenvalue weighted by Crippen LogP contribution is -2.33. The molecule has 37 heavy (non-hydrogen) atoms. The Morgan fingerprint density at radius 3 is 2.81 bits per heavy atom. The lowest BCUT2D eigenvalue weighted by molar-refractivity contribution is -0.119. The van der Waals surface area contributed by atoms with E-state index in [-0.39, 0.29) is 17.5 Å². The number of amides is 1. The Bertz CT molecular complexity index is 1740. The van der Waals surface area contributed by atoms with Crippen molar-refractivity contribution in [2.24, 2.45) is 0 Å². The second kappa shape index (κ2) is 8.24. The fraction of sp³-hybridized carbons (Fsp3) is 0.115. The van der Waals surface area contributed by atoms with E-state index < -0.39 is 22.9 Å². The number of halogens is 2. The number of nitrogens with two attached hydrogens (primary N) is 1. The fourth-order valence-corrected chi connectivity index (χ4v) is 4.89. The molecule has 184 valence electrons. The number of aromatic nitrogens is 5. The Labute approximate surface area is 214 Å². The van der Waals surface area contributed by atoms with Gasteiger partial charge in [-0.05, 0) is 42.3 Å². The molecule has 6 rings (SSSR count). The van der Waals surface area contributed by atoms with Gasteiger partial charge in [0, 0.05) is 30.0 Å². The standard InChI is InChI=1S/C26H19ClFN7O2/c1-26(14-5-6-19(36)16(28)11-14)20-21(29)32-22(33-23(20)34-25(26)37)18-12-35-8-7-30-24(35)17(31-18)10-13-3-2-4-15(27)9-13/h2-9,11-12,36H,10H2,1H3,(H3,29,32,33,34,37)/t26-/m1/s1. The number of nitrogen functional groups attached to an aromatic ring is 1. The van der Waals surface area contributed by atoms with Crippen molar-refractivity contribution in [3.63, 3.8) is 0 Å². The normalized spacial score (nSPS) is 16.7. The number of hydrogen-bond donors (Lipinski definition) is 3. The molecule has 9 nitrogen and oxygen atoms in total. The van der Waals surface area contributed by atoms with Crippen LogP contribution >= 0.6 is 11.6 Å². The summed E-state index contributed by atoms with van der Waals surface area (Å²) in [5, 5.41) is 13.0. The smallest absolute Gasteiger partial charge is 0.240 e. The molecule has 11 heteroatoms. The number of fused-ring (bicyclic) bond motifs is 2. The lowest BCUT2D eigenvalue weighted by Gasteiger charge is -2.23. The zero-order valence-corrected chi connectivity index (χ0v) is 20.2. The minimum atomic E-state index is -1.36. The van der Waals surface area contributed by atoms with Gasteiger partial charge in [-0.3, -0.25) is 4.79 Å². The highest BCUT2D eigenvalue weighted by atomic mass is 35.5. The topological polar surface area (TPSA) is 131 Å². The summed E-state index contributed by atoms with van der Waals surface area (Å²) in [6.07, 6.45) is 5.66. The van der Waals surface area contributed by atoms with Gasteiger partial charge in [-0.1, -0.05) is 29.8 Å². The largest absolute Gasteiger partial charge is 0.505 e. The van der Waals surface area contributed by atoms with Gasteiger partial charge in [-0.25, -0.2) is 24.3 Å². The maximum atomic E-state index is 14.1. The number of benzene rings is 2. The van der Waals surface area contributed by atoms with E-state index in [4.69, 9.17) is 22.3 Å². The predicted molar refractivity (Wildman–Crippen MR) is 136 cm³/mol. The number of nitrogens with one attached hydrogen (secondary N) is 1. The molecule has 4 N–H and O–H groups in total. The van der Waals surface area contributed by atoms with Gasteiger partial charge < -0.3 is 20.6 Å². The number of rotatable bonds is 4. The van der Waals surface area contributed by atoms with Crippen LogP contribution in [-0.2, 0) is 16.6 Å². The van der Waals surface area contributed by atoms with E-state index in [0.717, 1.165) is 11.6 Å². The van der Waals surface area contributed by atoms with E-state index in [2.05, 4.69) is 20.3 Å². The van der Waals surface area contributed by atoms with Gasteiger partial charge >= 0.3 is 0 Å². The van der Waals surface area contributed by atoms with Crippen molar-refractivity contribution >= 4 is 34.8 Å². The monoisotopic (exact) mass is 515 g/mol. The molecule has 1 aliphatic rings. The number of nitrogens with zero attached hydrogens (tertiary/aromatic N) is 5. The van der Waals surface area contributed by atoms with Crippen molar-refractivity contribution in [2.45, 2.75) is 18.8 Å². The van der Waals surface area contributed by atoms with Crippen molar-refractivity contribution in [3.05, 3.63) is 94.3 Å². The van der Waals surface area contributed by atoms with Crippen LogP contribution in [0.1, 0.15) is 29.3 Å². The highest BCUT2D eigenvalue weighted by Gasteiger charge is 2.48. The molecule has 0 aliphatic carbocycles. The average molecular weight is 516 g/mol. The third-order valence-corrected chi connectivity index (χ3v) is 6.82. The Morgan fingerprint density at radius 2 is 2.03 bits per heavy atom. The molecule has 0 saturated heterocycles. The van der Waals surface area contributed by atoms with E-state index in [1.807, 2.05) is 22.6 Å². The fourth-order valence-electron chi connectivity index (χ4n) is 4.68. The van der Waals surface area contributed by atoms with E-state index in [9.17, 15) is 14.3 Å². The summed E-state index contributed by atoms with van der Waals surface area (Å²) in [6.45, 7) is 1.61. The first kappa shape index (κ1) is 22.9. The maximum absolute atomic E-state index is 14.1. The molecule has 1 amide bonds. The molecule has 0 saturated carbocycles. The second-order valence-electron chi connectivity index (χ2n) is 8.94. The van der Waals surface area contributed by atoms with Gasteiger partial charge in [0.25, 0.3) is 0 Å². The minimum absolute atomic E-state index is 0.0539. The second-order valence-corrected chi connectivity index (χ2v) is 9.38. The van der Waals surface area contributed by atoms with Gasteiger partial charge in [-0.15, -0.1) is 0 Å². The molecule has 0 unspecified atom stereocenters. The summed E-state index contributed by atoms with van der Waals surface area (Å²) < 4.78 is 16.0. The molecule has 2 aromatic carbocycles. The van der Waals surface area contributed by atoms with Gasteiger partial charge in [0.05, 0.1) is 11.3 Å². The predicted octanol–water partition coefficient (Wildman–Crippen LogP) is 4.12. The summed E-state index contributed by atoms with van der Waals surface area (Å²) in [5.74, 6) is -1.32. The summed E-state index contributed by atoms with van der Waals surface area (Å²) >= 11 is 6.16. The molecular weight excluding hydrogens is 497 g/mol. The van der Waals surface area contributed by atoms with Crippen molar-refractivity contribution in [1.29, 1.82) is 0 Å². The Hall–Kier alpha value is -4.57. The van der Waals surface area contributed by atoms with Crippen LogP contribution in [0.5, 0.6) is 5.75 Å². The highest BCUT2D eigenvalue weighted by Crippen LogP contribution is 2.45. The van der Waals surface area contributed by atoms with E-state index in [1.165, 1.54) is 12.1 Å². The zero-order chi connectivity index (χ0) is 25.9. The quantitative estimate of drug-likeness (QED) is 0.328. The molecule has 3 aromatic heterocycles. The number of phenols is 1. The summed E-state index contributed by atoms with van der Waals surface area (Å²) in [6, 6.07) is 11.3. The van der Waals surface area contributed by atoms with E-state index in [0.29, 0.717) is 39.6 Å². The molecule has 0 spiro atoms. The lowest BCUT2D eigenvalue weighted by atomic mass is 9.77. The number of imidazole rings is 1. The molecule has 5 aromatic rings. The number of carbonyl (C=O) groups is 1. The van der Waals surface area contributed by atoms with Gasteiger partial charge in [0.2, 0.25) is 5.91 Å². The van der Waals surface area contributed by atoms with Crippen LogP contribution in [0.25, 0.3) is 17.2 Å². The Kier molecular flexibility index (Phi) is 5.09. The molecule has 0 radical (unpaired) electrons. The van der Waals surface area contributed by atoms with Crippen LogP contribution in [0.3, 0.4) is 0 Å². The van der Waals surface area contributed by atoms with Crippen LogP contribution in [0, 0.1) is 5.82 Å². The van der Waals surface area contributed by atoms with Crippen molar-refractivity contribution in [2.75, 3.05) is 11.1 Å². The Morgan fingerprint density at radius 1 is 1.19 bits per heavy atom. The molecule has 1 aliphatic heterocycles. The molecule has 1 atom stereocenters. The summed E-state index contributed by atoms with van der Waals surface area (Å²) in [5.41, 5.74) is 8.40. The van der Waals surface area contributed by atoms with Gasteiger partial charge in [-0.2, -0.15) is 0 Å². The maximum Gasteiger partial charge on any atom is 0.240 e.